The summed E-state index contributed by atoms with van der Waals surface area (Å²) in [6, 6.07) is 10.2. The fourth-order valence-corrected chi connectivity index (χ4v) is 2.79. The summed E-state index contributed by atoms with van der Waals surface area (Å²) in [6.45, 7) is 2.40. The zero-order valence-corrected chi connectivity index (χ0v) is 14.9. The first kappa shape index (κ1) is 18.0. The summed E-state index contributed by atoms with van der Waals surface area (Å²) in [7, 11) is 2.02. The van der Waals surface area contributed by atoms with Crippen LogP contribution in [0.5, 0.6) is 11.5 Å². The second kappa shape index (κ2) is 7.59. The molecule has 7 heteroatoms. The highest BCUT2D eigenvalue weighted by atomic mass is 19.3. The number of ether oxygens (including phenoxy) is 2. The summed E-state index contributed by atoms with van der Waals surface area (Å²) in [5.41, 5.74) is 2.53. The van der Waals surface area contributed by atoms with E-state index in [4.69, 9.17) is 4.74 Å². The van der Waals surface area contributed by atoms with E-state index in [1.54, 1.807) is 12.1 Å². The van der Waals surface area contributed by atoms with E-state index >= 15 is 0 Å². The fourth-order valence-electron chi connectivity index (χ4n) is 2.79. The van der Waals surface area contributed by atoms with Gasteiger partial charge < -0.3 is 14.4 Å². The molecule has 0 bridgehead atoms. The maximum atomic E-state index is 12.2. The number of nitrogens with zero attached hydrogens (tertiary/aromatic N) is 3. The number of hydrogen-bond acceptors (Lipinski definition) is 4. The lowest BCUT2D eigenvalue weighted by molar-refractivity contribution is -0.0498. The number of fused-ring (bicyclic) bond motifs is 1. The fraction of sp³-hybridized carbons (Fsp3) is 0.316. The van der Waals surface area contributed by atoms with Crippen molar-refractivity contribution >= 4 is 11.5 Å². The summed E-state index contributed by atoms with van der Waals surface area (Å²) in [5.74, 6) is 1.82. The topological polar surface area (TPSA) is 39.0 Å². The minimum atomic E-state index is -2.83. The average Bonchev–Trinajstić information content (AvgIpc) is 2.96. The molecule has 0 aliphatic heterocycles. The predicted octanol–water partition coefficient (Wildman–Crippen LogP) is 4.28. The Hall–Kier alpha value is -2.83. The largest absolute Gasteiger partial charge is 0.485 e. The summed E-state index contributed by atoms with van der Waals surface area (Å²) in [6.07, 6.45) is 1.96. The Kier molecular flexibility index (Phi) is 5.25. The van der Waals surface area contributed by atoms with E-state index in [9.17, 15) is 8.78 Å². The molecule has 0 aliphatic rings. The van der Waals surface area contributed by atoms with Gasteiger partial charge in [-0.25, -0.2) is 4.98 Å². The lowest BCUT2D eigenvalue weighted by atomic mass is 10.2. The van der Waals surface area contributed by atoms with Crippen LogP contribution >= 0.6 is 0 Å². The third-order valence-corrected chi connectivity index (χ3v) is 4.14. The van der Waals surface area contributed by atoms with Gasteiger partial charge in [-0.3, -0.25) is 4.40 Å². The van der Waals surface area contributed by atoms with Crippen molar-refractivity contribution in [2.24, 2.45) is 0 Å². The zero-order chi connectivity index (χ0) is 18.7. The minimum absolute atomic E-state index is 0.127. The van der Waals surface area contributed by atoms with Crippen LogP contribution in [0.4, 0.5) is 14.6 Å². The van der Waals surface area contributed by atoms with Gasteiger partial charge in [0.1, 0.15) is 18.2 Å². The minimum Gasteiger partial charge on any atom is -0.485 e. The van der Waals surface area contributed by atoms with E-state index in [1.165, 1.54) is 12.1 Å². The maximum Gasteiger partial charge on any atom is 0.387 e. The van der Waals surface area contributed by atoms with Crippen molar-refractivity contribution in [2.45, 2.75) is 27.1 Å². The Morgan fingerprint density at radius 3 is 2.58 bits per heavy atom. The van der Waals surface area contributed by atoms with E-state index in [2.05, 4.69) is 21.5 Å². The molecular weight excluding hydrogens is 340 g/mol. The molecule has 0 N–H and O–H groups in total. The van der Waals surface area contributed by atoms with Crippen LogP contribution in [0.25, 0.3) is 5.65 Å². The molecule has 1 aromatic carbocycles. The molecule has 0 radical (unpaired) electrons. The smallest absolute Gasteiger partial charge is 0.387 e. The van der Waals surface area contributed by atoms with Crippen LogP contribution in [0.15, 0.2) is 42.6 Å². The van der Waals surface area contributed by atoms with Gasteiger partial charge in [-0.1, -0.05) is 12.1 Å². The van der Waals surface area contributed by atoms with E-state index in [-0.39, 0.29) is 5.75 Å². The Morgan fingerprint density at radius 2 is 1.92 bits per heavy atom. The molecule has 2 aromatic heterocycles. The van der Waals surface area contributed by atoms with Gasteiger partial charge in [0, 0.05) is 19.8 Å². The molecule has 2 heterocycles. The Morgan fingerprint density at radius 1 is 1.19 bits per heavy atom. The van der Waals surface area contributed by atoms with Crippen LogP contribution in [-0.4, -0.2) is 29.6 Å². The molecule has 0 amide bonds. The lowest BCUT2D eigenvalue weighted by Crippen LogP contribution is -2.18. The van der Waals surface area contributed by atoms with Gasteiger partial charge in [-0.2, -0.15) is 8.78 Å². The third kappa shape index (κ3) is 3.71. The van der Waals surface area contributed by atoms with Crippen LogP contribution < -0.4 is 14.4 Å². The number of aromatic nitrogens is 2. The summed E-state index contributed by atoms with van der Waals surface area (Å²) >= 11 is 0. The first-order chi connectivity index (χ1) is 12.5. The van der Waals surface area contributed by atoms with Crippen LogP contribution in [-0.2, 0) is 6.61 Å². The molecule has 138 valence electrons. The molecule has 5 nitrogen and oxygen atoms in total. The molecule has 0 aliphatic carbocycles. The molecule has 0 atom stereocenters. The van der Waals surface area contributed by atoms with Crippen molar-refractivity contribution in [2.75, 3.05) is 18.5 Å². The summed E-state index contributed by atoms with van der Waals surface area (Å²) in [4.78, 5) is 6.76. The second-order valence-corrected chi connectivity index (χ2v) is 5.91. The van der Waals surface area contributed by atoms with Gasteiger partial charge in [0.15, 0.2) is 11.4 Å². The van der Waals surface area contributed by atoms with Gasteiger partial charge >= 0.3 is 6.61 Å². The average molecular weight is 361 g/mol. The molecule has 3 aromatic rings. The van der Waals surface area contributed by atoms with Crippen molar-refractivity contribution < 1.29 is 18.3 Å². The van der Waals surface area contributed by atoms with Crippen molar-refractivity contribution in [1.29, 1.82) is 0 Å². The maximum absolute atomic E-state index is 12.2. The van der Waals surface area contributed by atoms with E-state index in [1.807, 2.05) is 36.7 Å². The first-order valence-electron chi connectivity index (χ1n) is 8.35. The molecular formula is C19H21F2N3O2. The lowest BCUT2D eigenvalue weighted by Gasteiger charge is -2.17. The molecule has 0 fully saturated rings. The SMILES string of the molecule is CCN(C)c1c(C)nc2c(OCc3ccc(OC(F)F)cc3)cccn12. The van der Waals surface area contributed by atoms with Gasteiger partial charge in [-0.15, -0.1) is 0 Å². The number of pyridine rings is 1. The normalized spacial score (nSPS) is 11.2. The van der Waals surface area contributed by atoms with Crippen molar-refractivity contribution in [3.8, 4) is 11.5 Å². The van der Waals surface area contributed by atoms with Crippen LogP contribution in [0, 0.1) is 6.92 Å². The molecule has 0 unspecified atom stereocenters. The number of rotatable bonds is 7. The van der Waals surface area contributed by atoms with Crippen molar-refractivity contribution in [3.63, 3.8) is 0 Å². The molecule has 0 saturated heterocycles. The number of benzene rings is 1. The number of imidazole rings is 1. The molecule has 0 spiro atoms. The summed E-state index contributed by atoms with van der Waals surface area (Å²) < 4.78 is 36.7. The van der Waals surface area contributed by atoms with Crippen LogP contribution in [0.1, 0.15) is 18.2 Å². The van der Waals surface area contributed by atoms with Gasteiger partial charge in [-0.05, 0) is 43.7 Å². The molecule has 26 heavy (non-hydrogen) atoms. The number of halogens is 2. The standard InChI is InChI=1S/C19H21F2N3O2/c1-4-23(3)18-13(2)22-17-16(6-5-11-24(17)18)25-12-14-7-9-15(10-8-14)26-19(20)21/h5-11,19H,4,12H2,1-3H3. The van der Waals surface area contributed by atoms with Crippen molar-refractivity contribution in [1.82, 2.24) is 9.38 Å². The number of aryl methyl sites for hydroxylation is 1. The predicted molar refractivity (Wildman–Crippen MR) is 96.3 cm³/mol. The first-order valence-corrected chi connectivity index (χ1v) is 8.35. The van der Waals surface area contributed by atoms with E-state index < -0.39 is 6.61 Å². The second-order valence-electron chi connectivity index (χ2n) is 5.91. The van der Waals surface area contributed by atoms with Crippen LogP contribution in [0.2, 0.25) is 0 Å². The molecule has 3 rings (SSSR count). The van der Waals surface area contributed by atoms with Crippen LogP contribution in [0.3, 0.4) is 0 Å². The monoisotopic (exact) mass is 361 g/mol. The Balaban J connectivity index is 1.79. The number of hydrogen-bond donors (Lipinski definition) is 0. The number of anilines is 1. The van der Waals surface area contributed by atoms with Gasteiger partial charge in [0.2, 0.25) is 0 Å². The van der Waals surface area contributed by atoms with E-state index in [0.29, 0.717) is 12.4 Å². The third-order valence-electron chi connectivity index (χ3n) is 4.14. The highest BCUT2D eigenvalue weighted by molar-refractivity contribution is 5.63. The van der Waals surface area contributed by atoms with E-state index in [0.717, 1.165) is 29.3 Å². The molecule has 0 saturated carbocycles. The Bertz CT molecular complexity index is 878. The zero-order valence-electron chi connectivity index (χ0n) is 14.9. The number of alkyl halides is 2. The Labute approximate surface area is 150 Å². The van der Waals surface area contributed by atoms with Gasteiger partial charge in [0.05, 0.1) is 5.69 Å². The highest BCUT2D eigenvalue weighted by Gasteiger charge is 2.15. The summed E-state index contributed by atoms with van der Waals surface area (Å²) in [5, 5.41) is 0. The quantitative estimate of drug-likeness (QED) is 0.630. The highest BCUT2D eigenvalue weighted by Crippen LogP contribution is 2.27. The van der Waals surface area contributed by atoms with Gasteiger partial charge in [0.25, 0.3) is 0 Å². The van der Waals surface area contributed by atoms with Crippen molar-refractivity contribution in [3.05, 3.63) is 53.9 Å².